The second kappa shape index (κ2) is 7.17. The number of carbonyl (C=O) groups is 1. The molecule has 0 aliphatic rings. The number of hydrogen-bond donors (Lipinski definition) is 1. The molecule has 0 aliphatic heterocycles. The molecule has 2 aromatic rings. The van der Waals surface area contributed by atoms with Crippen molar-refractivity contribution in [3.05, 3.63) is 47.5 Å². The molecule has 22 heavy (non-hydrogen) atoms. The number of rotatable bonds is 6. The molecule has 1 atom stereocenters. The first-order chi connectivity index (χ1) is 10.5. The van der Waals surface area contributed by atoms with Crippen molar-refractivity contribution in [1.82, 2.24) is 25.0 Å². The van der Waals surface area contributed by atoms with Crippen molar-refractivity contribution in [2.45, 2.75) is 26.4 Å². The van der Waals surface area contributed by atoms with E-state index in [1.807, 2.05) is 49.7 Å². The third-order valence-corrected chi connectivity index (χ3v) is 3.73. The van der Waals surface area contributed by atoms with Crippen LogP contribution in [-0.4, -0.2) is 39.2 Å². The van der Waals surface area contributed by atoms with E-state index in [2.05, 4.69) is 15.4 Å². The van der Waals surface area contributed by atoms with E-state index in [0.717, 1.165) is 23.4 Å². The van der Waals surface area contributed by atoms with E-state index in [-0.39, 0.29) is 11.9 Å². The van der Waals surface area contributed by atoms with Gasteiger partial charge in [0.05, 0.1) is 18.8 Å². The van der Waals surface area contributed by atoms with Crippen molar-refractivity contribution in [3.8, 4) is 0 Å². The lowest BCUT2D eigenvalue weighted by atomic mass is 10.1. The highest BCUT2D eigenvalue weighted by Gasteiger charge is 2.15. The summed E-state index contributed by atoms with van der Waals surface area (Å²) in [7, 11) is 3.83. The number of likely N-dealkylation sites (N-methyl/N-ethyl adjacent to an activating group) is 1. The molecule has 1 unspecified atom stereocenters. The molecule has 2 rings (SSSR count). The van der Waals surface area contributed by atoms with Gasteiger partial charge in [-0.2, -0.15) is 5.10 Å². The van der Waals surface area contributed by atoms with Gasteiger partial charge in [0.2, 0.25) is 5.91 Å². The van der Waals surface area contributed by atoms with Gasteiger partial charge in [-0.1, -0.05) is 0 Å². The fraction of sp³-hybridized carbons (Fsp3) is 0.438. The first-order valence-electron chi connectivity index (χ1n) is 7.32. The maximum absolute atomic E-state index is 12.2. The molecular formula is C16H23N5O. The Morgan fingerprint density at radius 1 is 1.41 bits per heavy atom. The van der Waals surface area contributed by atoms with E-state index in [1.54, 1.807) is 18.6 Å². The lowest BCUT2D eigenvalue weighted by Crippen LogP contribution is -2.36. The number of nitrogens with zero attached hydrogens (tertiary/aromatic N) is 4. The third-order valence-electron chi connectivity index (χ3n) is 3.73. The average Bonchev–Trinajstić information content (AvgIpc) is 2.79. The van der Waals surface area contributed by atoms with Gasteiger partial charge in [0.15, 0.2) is 0 Å². The lowest BCUT2D eigenvalue weighted by molar-refractivity contribution is -0.122. The monoisotopic (exact) mass is 301 g/mol. The van der Waals surface area contributed by atoms with Crippen molar-refractivity contribution < 1.29 is 4.79 Å². The molecule has 1 amide bonds. The summed E-state index contributed by atoms with van der Waals surface area (Å²) in [5, 5.41) is 7.23. The zero-order valence-electron chi connectivity index (χ0n) is 13.6. The molecule has 2 heterocycles. The minimum absolute atomic E-state index is 0.00677. The first-order valence-corrected chi connectivity index (χ1v) is 7.32. The number of pyridine rings is 1. The Kier molecular flexibility index (Phi) is 5.27. The summed E-state index contributed by atoms with van der Waals surface area (Å²) in [6.07, 6.45) is 5.33. The lowest BCUT2D eigenvalue weighted by Gasteiger charge is -2.19. The number of hydrogen-bond acceptors (Lipinski definition) is 4. The summed E-state index contributed by atoms with van der Waals surface area (Å²) >= 11 is 0. The fourth-order valence-corrected chi connectivity index (χ4v) is 2.41. The molecule has 0 aliphatic carbocycles. The van der Waals surface area contributed by atoms with Crippen molar-refractivity contribution in [3.63, 3.8) is 0 Å². The van der Waals surface area contributed by atoms with Gasteiger partial charge < -0.3 is 5.32 Å². The highest BCUT2D eigenvalue weighted by atomic mass is 16.2. The smallest absolute Gasteiger partial charge is 0.234 e. The Morgan fingerprint density at radius 2 is 2.09 bits per heavy atom. The van der Waals surface area contributed by atoms with Gasteiger partial charge in [0, 0.05) is 37.2 Å². The van der Waals surface area contributed by atoms with Crippen LogP contribution in [0.4, 0.5) is 0 Å². The molecule has 1 N–H and O–H groups in total. The van der Waals surface area contributed by atoms with Crippen LogP contribution < -0.4 is 5.32 Å². The van der Waals surface area contributed by atoms with Crippen molar-refractivity contribution in [1.29, 1.82) is 0 Å². The Balaban J connectivity index is 1.86. The van der Waals surface area contributed by atoms with Crippen LogP contribution in [0.25, 0.3) is 0 Å². The predicted molar refractivity (Wildman–Crippen MR) is 85.1 cm³/mol. The molecule has 2 aromatic heterocycles. The Bertz CT molecular complexity index is 623. The SMILES string of the molecule is Cc1c(C(C)NC(=O)CN(C)Cc2ccncc2)cnn1C. The van der Waals surface area contributed by atoms with Crippen LogP contribution in [0.15, 0.2) is 30.7 Å². The predicted octanol–water partition coefficient (Wildman–Crippen LogP) is 1.43. The topological polar surface area (TPSA) is 63.1 Å². The van der Waals surface area contributed by atoms with Gasteiger partial charge in [0.25, 0.3) is 0 Å². The van der Waals surface area contributed by atoms with E-state index in [4.69, 9.17) is 0 Å². The van der Waals surface area contributed by atoms with Gasteiger partial charge in [-0.25, -0.2) is 0 Å². The Labute approximate surface area is 131 Å². The number of amides is 1. The van der Waals surface area contributed by atoms with E-state index in [9.17, 15) is 4.79 Å². The summed E-state index contributed by atoms with van der Waals surface area (Å²) in [5.74, 6) is 0.00677. The van der Waals surface area contributed by atoms with E-state index in [0.29, 0.717) is 6.54 Å². The molecule has 0 spiro atoms. The van der Waals surface area contributed by atoms with Gasteiger partial charge in [-0.05, 0) is 38.6 Å². The molecule has 0 fully saturated rings. The normalized spacial score (nSPS) is 12.4. The first kappa shape index (κ1) is 16.2. The zero-order valence-corrected chi connectivity index (χ0v) is 13.6. The second-order valence-corrected chi connectivity index (χ2v) is 5.63. The standard InChI is InChI=1S/C16H23N5O/c1-12(15-9-18-21(4)13(15)2)19-16(22)11-20(3)10-14-5-7-17-8-6-14/h5-9,12H,10-11H2,1-4H3,(H,19,22). The molecule has 6 nitrogen and oxygen atoms in total. The van der Waals surface area contributed by atoms with Crippen molar-refractivity contribution in [2.24, 2.45) is 7.05 Å². The van der Waals surface area contributed by atoms with E-state index >= 15 is 0 Å². The molecule has 0 saturated heterocycles. The Morgan fingerprint density at radius 3 is 2.68 bits per heavy atom. The minimum Gasteiger partial charge on any atom is -0.348 e. The zero-order chi connectivity index (χ0) is 16.1. The summed E-state index contributed by atoms with van der Waals surface area (Å²) in [6.45, 7) is 5.05. The number of aromatic nitrogens is 3. The summed E-state index contributed by atoms with van der Waals surface area (Å²) in [5.41, 5.74) is 3.26. The fourth-order valence-electron chi connectivity index (χ4n) is 2.41. The maximum atomic E-state index is 12.2. The van der Waals surface area contributed by atoms with Crippen molar-refractivity contribution in [2.75, 3.05) is 13.6 Å². The van der Waals surface area contributed by atoms with E-state index < -0.39 is 0 Å². The van der Waals surface area contributed by atoms with Gasteiger partial charge in [0.1, 0.15) is 0 Å². The molecule has 6 heteroatoms. The van der Waals surface area contributed by atoms with Crippen LogP contribution in [0.5, 0.6) is 0 Å². The van der Waals surface area contributed by atoms with Crippen LogP contribution in [0.3, 0.4) is 0 Å². The van der Waals surface area contributed by atoms with Crippen LogP contribution in [0, 0.1) is 6.92 Å². The minimum atomic E-state index is -0.0458. The number of nitrogens with one attached hydrogen (secondary N) is 1. The van der Waals surface area contributed by atoms with Crippen LogP contribution in [-0.2, 0) is 18.4 Å². The highest BCUT2D eigenvalue weighted by molar-refractivity contribution is 5.78. The number of aryl methyl sites for hydroxylation is 1. The summed E-state index contributed by atoms with van der Waals surface area (Å²) in [4.78, 5) is 18.1. The summed E-state index contributed by atoms with van der Waals surface area (Å²) in [6, 6.07) is 3.86. The average molecular weight is 301 g/mol. The van der Waals surface area contributed by atoms with Crippen LogP contribution in [0.1, 0.15) is 29.8 Å². The maximum Gasteiger partial charge on any atom is 0.234 e. The molecule has 118 valence electrons. The second-order valence-electron chi connectivity index (χ2n) is 5.63. The molecule has 0 radical (unpaired) electrons. The van der Waals surface area contributed by atoms with Crippen molar-refractivity contribution >= 4 is 5.91 Å². The molecule has 0 aromatic carbocycles. The van der Waals surface area contributed by atoms with Gasteiger partial charge >= 0.3 is 0 Å². The molecular weight excluding hydrogens is 278 g/mol. The van der Waals surface area contributed by atoms with Crippen LogP contribution in [0.2, 0.25) is 0 Å². The van der Waals surface area contributed by atoms with Gasteiger partial charge in [-0.3, -0.25) is 19.4 Å². The Hall–Kier alpha value is -2.21. The summed E-state index contributed by atoms with van der Waals surface area (Å²) < 4.78 is 1.81. The molecule has 0 saturated carbocycles. The third kappa shape index (κ3) is 4.14. The largest absolute Gasteiger partial charge is 0.348 e. The van der Waals surface area contributed by atoms with E-state index in [1.165, 1.54) is 0 Å². The van der Waals surface area contributed by atoms with Crippen LogP contribution >= 0.6 is 0 Å². The quantitative estimate of drug-likeness (QED) is 0.877. The van der Waals surface area contributed by atoms with Gasteiger partial charge in [-0.15, -0.1) is 0 Å². The highest BCUT2D eigenvalue weighted by Crippen LogP contribution is 2.15. The number of carbonyl (C=O) groups excluding carboxylic acids is 1. The molecule has 0 bridgehead atoms.